The van der Waals surface area contributed by atoms with Crippen LogP contribution in [0.5, 0.6) is 0 Å². The van der Waals surface area contributed by atoms with Crippen LogP contribution in [0.2, 0.25) is 0 Å². The first-order valence-electron chi connectivity index (χ1n) is 11.2. The fourth-order valence-electron chi connectivity index (χ4n) is 3.97. The fraction of sp³-hybridized carbons (Fsp3) is 0.524. The van der Waals surface area contributed by atoms with Gasteiger partial charge in [-0.25, -0.2) is 19.7 Å². The monoisotopic (exact) mass is 471 g/mol. The minimum absolute atomic E-state index is 0.228. The van der Waals surface area contributed by atoms with Crippen LogP contribution in [0.1, 0.15) is 32.6 Å². The quantitative estimate of drug-likeness (QED) is 0.411. The third kappa shape index (κ3) is 4.84. The number of rotatable bonds is 8. The first-order valence-corrected chi connectivity index (χ1v) is 11.2. The van der Waals surface area contributed by atoms with Crippen LogP contribution in [0, 0.1) is 0 Å². The van der Waals surface area contributed by atoms with Gasteiger partial charge in [-0.15, -0.1) is 0 Å². The van der Waals surface area contributed by atoms with Gasteiger partial charge in [0.05, 0.1) is 19.3 Å². The molecule has 34 heavy (non-hydrogen) atoms. The van der Waals surface area contributed by atoms with E-state index in [1.54, 1.807) is 23.9 Å². The minimum atomic E-state index is -0.943. The Hall–Kier alpha value is -3.58. The normalized spacial score (nSPS) is 17.2. The van der Waals surface area contributed by atoms with Gasteiger partial charge in [-0.05, 0) is 26.8 Å². The van der Waals surface area contributed by atoms with Gasteiger partial charge in [-0.3, -0.25) is 4.68 Å². The Balaban J connectivity index is 1.80. The summed E-state index contributed by atoms with van der Waals surface area (Å²) >= 11 is 0. The molecule has 3 aromatic rings. The van der Waals surface area contributed by atoms with Crippen LogP contribution in [0.15, 0.2) is 18.6 Å². The molecule has 2 unspecified atom stereocenters. The lowest BCUT2D eigenvalue weighted by Crippen LogP contribution is -2.54. The lowest BCUT2D eigenvalue weighted by atomic mass is 10.2. The van der Waals surface area contributed by atoms with Crippen molar-refractivity contribution >= 4 is 34.7 Å². The summed E-state index contributed by atoms with van der Waals surface area (Å²) in [5, 5.41) is 27.7. The predicted octanol–water partition coefficient (Wildman–Crippen LogP) is 1.64. The summed E-state index contributed by atoms with van der Waals surface area (Å²) in [7, 11) is 0. The van der Waals surface area contributed by atoms with E-state index in [1.165, 1.54) is 11.2 Å². The first kappa shape index (κ1) is 23.6. The number of nitrogens with zero attached hydrogens (tertiary/aromatic N) is 8. The van der Waals surface area contributed by atoms with Crippen molar-refractivity contribution in [3.8, 4) is 0 Å². The van der Waals surface area contributed by atoms with Crippen LogP contribution in [-0.4, -0.2) is 89.8 Å². The molecule has 0 aromatic carbocycles. The summed E-state index contributed by atoms with van der Waals surface area (Å²) in [6.45, 7) is 8.10. The highest BCUT2D eigenvalue weighted by molar-refractivity contribution is 5.90. The van der Waals surface area contributed by atoms with Crippen molar-refractivity contribution < 1.29 is 19.7 Å². The van der Waals surface area contributed by atoms with E-state index in [-0.39, 0.29) is 6.04 Å². The second-order valence-corrected chi connectivity index (χ2v) is 8.04. The maximum Gasteiger partial charge on any atom is 0.407 e. The molecule has 1 aliphatic heterocycles. The summed E-state index contributed by atoms with van der Waals surface area (Å²) in [6, 6.07) is 1.49. The van der Waals surface area contributed by atoms with Gasteiger partial charge in [0.15, 0.2) is 5.82 Å². The summed E-state index contributed by atoms with van der Waals surface area (Å²) in [4.78, 5) is 32.6. The number of anilines is 3. The number of hydrogen-bond acceptors (Lipinski definition) is 10. The third-order valence-electron chi connectivity index (χ3n) is 5.63. The first-order chi connectivity index (χ1) is 16.4. The lowest BCUT2D eigenvalue weighted by Gasteiger charge is -2.38. The summed E-state index contributed by atoms with van der Waals surface area (Å²) in [5.74, 6) is 1.44. The van der Waals surface area contributed by atoms with Crippen molar-refractivity contribution in [2.24, 2.45) is 0 Å². The van der Waals surface area contributed by atoms with Gasteiger partial charge in [0.1, 0.15) is 28.9 Å². The van der Waals surface area contributed by atoms with Crippen molar-refractivity contribution in [2.75, 3.05) is 43.1 Å². The standard InChI is InChI=1S/C21H29N9O4/c1-4-34-10-9-30-18-17(16(27-30)14(3)31)25-20(26-19(18)24-15-5-6-22-12-23-15)28-7-8-29(21(32)33)13(2)11-28/h5-6,12-14,31H,4,7-11H2,1-3H3,(H,32,33)(H,22,23,24,25,26). The van der Waals surface area contributed by atoms with Crippen molar-refractivity contribution in [1.29, 1.82) is 0 Å². The molecular weight excluding hydrogens is 442 g/mol. The SMILES string of the molecule is CCOCCn1nc(C(C)O)c2nc(N3CCN(C(=O)O)C(C)C3)nc(Nc3ccncn3)c21. The van der Waals surface area contributed by atoms with Gasteiger partial charge in [0, 0.05) is 38.5 Å². The van der Waals surface area contributed by atoms with Gasteiger partial charge in [0.25, 0.3) is 0 Å². The third-order valence-corrected chi connectivity index (χ3v) is 5.63. The average Bonchev–Trinajstić information content (AvgIpc) is 3.19. The molecular formula is C21H29N9O4. The number of ether oxygens (including phenoxy) is 1. The Morgan fingerprint density at radius 3 is 2.82 bits per heavy atom. The molecule has 0 spiro atoms. The number of amides is 1. The molecule has 3 N–H and O–H groups in total. The van der Waals surface area contributed by atoms with E-state index in [2.05, 4.69) is 20.4 Å². The molecule has 13 heteroatoms. The highest BCUT2D eigenvalue weighted by atomic mass is 16.5. The molecule has 0 saturated carbocycles. The Kier molecular flexibility index (Phi) is 7.03. The van der Waals surface area contributed by atoms with Gasteiger partial charge >= 0.3 is 6.09 Å². The Labute approximate surface area is 196 Å². The summed E-state index contributed by atoms with van der Waals surface area (Å²) < 4.78 is 7.24. The maximum absolute atomic E-state index is 11.5. The molecule has 2 atom stereocenters. The van der Waals surface area contributed by atoms with Crippen molar-refractivity contribution in [2.45, 2.75) is 39.5 Å². The molecule has 1 fully saturated rings. The van der Waals surface area contributed by atoms with Crippen molar-refractivity contribution in [3.63, 3.8) is 0 Å². The summed E-state index contributed by atoms with van der Waals surface area (Å²) in [5.41, 5.74) is 1.56. The molecule has 0 radical (unpaired) electrons. The number of hydrogen-bond donors (Lipinski definition) is 3. The zero-order valence-electron chi connectivity index (χ0n) is 19.4. The molecule has 1 amide bonds. The van der Waals surface area contributed by atoms with E-state index in [4.69, 9.17) is 14.7 Å². The number of carboxylic acid groups (broad SMARTS) is 1. The molecule has 1 aliphatic rings. The van der Waals surface area contributed by atoms with Gasteiger partial charge in [0.2, 0.25) is 5.95 Å². The largest absolute Gasteiger partial charge is 0.465 e. The zero-order valence-corrected chi connectivity index (χ0v) is 19.4. The highest BCUT2D eigenvalue weighted by Crippen LogP contribution is 2.31. The molecule has 182 valence electrons. The molecule has 0 bridgehead atoms. The number of aliphatic hydroxyl groups is 1. The predicted molar refractivity (Wildman–Crippen MR) is 124 cm³/mol. The van der Waals surface area contributed by atoms with E-state index >= 15 is 0 Å². The van der Waals surface area contributed by atoms with E-state index < -0.39 is 12.2 Å². The molecule has 1 saturated heterocycles. The Morgan fingerprint density at radius 1 is 1.35 bits per heavy atom. The number of carbonyl (C=O) groups is 1. The summed E-state index contributed by atoms with van der Waals surface area (Å²) in [6.07, 6.45) is 1.26. The molecule has 3 aromatic heterocycles. The molecule has 0 aliphatic carbocycles. The van der Waals surface area contributed by atoms with E-state index in [1.807, 2.05) is 18.7 Å². The highest BCUT2D eigenvalue weighted by Gasteiger charge is 2.30. The number of nitrogens with one attached hydrogen (secondary N) is 1. The van der Waals surface area contributed by atoms with Crippen LogP contribution >= 0.6 is 0 Å². The maximum atomic E-state index is 11.5. The van der Waals surface area contributed by atoms with Crippen LogP contribution < -0.4 is 10.2 Å². The lowest BCUT2D eigenvalue weighted by molar-refractivity contribution is 0.122. The van der Waals surface area contributed by atoms with Gasteiger partial charge in [-0.1, -0.05) is 0 Å². The van der Waals surface area contributed by atoms with E-state index in [9.17, 15) is 15.0 Å². The fourth-order valence-corrected chi connectivity index (χ4v) is 3.97. The van der Waals surface area contributed by atoms with E-state index in [0.717, 1.165) is 0 Å². The van der Waals surface area contributed by atoms with Crippen LogP contribution in [0.4, 0.5) is 22.4 Å². The van der Waals surface area contributed by atoms with Gasteiger partial charge < -0.3 is 30.1 Å². The van der Waals surface area contributed by atoms with Crippen molar-refractivity contribution in [1.82, 2.24) is 34.6 Å². The number of piperazine rings is 1. The molecule has 13 nitrogen and oxygen atoms in total. The number of aromatic nitrogens is 6. The topological polar surface area (TPSA) is 155 Å². The molecule has 4 rings (SSSR count). The smallest absolute Gasteiger partial charge is 0.407 e. The van der Waals surface area contributed by atoms with E-state index in [0.29, 0.717) is 73.7 Å². The second kappa shape index (κ2) is 10.1. The van der Waals surface area contributed by atoms with Crippen molar-refractivity contribution in [3.05, 3.63) is 24.3 Å². The number of aliphatic hydroxyl groups excluding tert-OH is 1. The second-order valence-electron chi connectivity index (χ2n) is 8.04. The number of fused-ring (bicyclic) bond motifs is 1. The Morgan fingerprint density at radius 2 is 2.18 bits per heavy atom. The van der Waals surface area contributed by atoms with Crippen LogP contribution in [-0.2, 0) is 11.3 Å². The Bertz CT molecular complexity index is 1140. The molecule has 4 heterocycles. The van der Waals surface area contributed by atoms with Crippen LogP contribution in [0.3, 0.4) is 0 Å². The van der Waals surface area contributed by atoms with Crippen LogP contribution in [0.25, 0.3) is 11.0 Å². The average molecular weight is 472 g/mol. The minimum Gasteiger partial charge on any atom is -0.465 e. The zero-order chi connectivity index (χ0) is 24.2. The van der Waals surface area contributed by atoms with Gasteiger partial charge in [-0.2, -0.15) is 10.1 Å².